The lowest BCUT2D eigenvalue weighted by Crippen LogP contribution is -2.12. The molecule has 1 unspecified atom stereocenters. The van der Waals surface area contributed by atoms with Crippen LogP contribution in [0.2, 0.25) is 0 Å². The van der Waals surface area contributed by atoms with Gasteiger partial charge in [0, 0.05) is 19.6 Å². The van der Waals surface area contributed by atoms with Crippen LogP contribution < -0.4 is 10.1 Å². The van der Waals surface area contributed by atoms with Crippen molar-refractivity contribution in [2.24, 2.45) is 0 Å². The molecule has 106 valence electrons. The third-order valence-corrected chi connectivity index (χ3v) is 3.92. The van der Waals surface area contributed by atoms with Crippen molar-refractivity contribution in [2.45, 2.75) is 38.8 Å². The van der Waals surface area contributed by atoms with E-state index in [1.807, 2.05) is 6.07 Å². The number of benzene rings is 1. The van der Waals surface area contributed by atoms with Gasteiger partial charge in [0.05, 0.1) is 17.2 Å². The highest BCUT2D eigenvalue weighted by atomic mass is 79.9. The highest BCUT2D eigenvalue weighted by molar-refractivity contribution is 9.10. The molecule has 3 nitrogen and oxygen atoms in total. The van der Waals surface area contributed by atoms with Crippen LogP contribution in [0.25, 0.3) is 0 Å². The van der Waals surface area contributed by atoms with E-state index >= 15 is 0 Å². The summed E-state index contributed by atoms with van der Waals surface area (Å²) < 4.78 is 12.4. The molecule has 0 bridgehead atoms. The number of rotatable bonds is 7. The molecule has 0 aliphatic carbocycles. The SMILES string of the molecule is CCNCc1ccc(OCCC2CCCO2)c(Br)c1. The summed E-state index contributed by atoms with van der Waals surface area (Å²) in [5.41, 5.74) is 1.26. The summed E-state index contributed by atoms with van der Waals surface area (Å²) in [7, 11) is 0. The van der Waals surface area contributed by atoms with E-state index in [0.29, 0.717) is 6.10 Å². The van der Waals surface area contributed by atoms with Gasteiger partial charge in [-0.3, -0.25) is 0 Å². The average molecular weight is 328 g/mol. The van der Waals surface area contributed by atoms with E-state index in [1.165, 1.54) is 18.4 Å². The van der Waals surface area contributed by atoms with Crippen LogP contribution in [0.3, 0.4) is 0 Å². The Bertz CT molecular complexity index is 392. The minimum Gasteiger partial charge on any atom is -0.492 e. The van der Waals surface area contributed by atoms with Gasteiger partial charge in [-0.1, -0.05) is 13.0 Å². The maximum atomic E-state index is 5.81. The van der Waals surface area contributed by atoms with Crippen molar-refractivity contribution in [1.29, 1.82) is 0 Å². The van der Waals surface area contributed by atoms with Crippen LogP contribution in [0.4, 0.5) is 0 Å². The predicted molar refractivity (Wildman–Crippen MR) is 80.6 cm³/mol. The lowest BCUT2D eigenvalue weighted by atomic mass is 10.2. The molecule has 1 atom stereocenters. The Balaban J connectivity index is 1.79. The summed E-state index contributed by atoms with van der Waals surface area (Å²) in [5.74, 6) is 0.915. The molecule has 4 heteroatoms. The Morgan fingerprint density at radius 3 is 3.05 bits per heavy atom. The molecule has 0 spiro atoms. The van der Waals surface area contributed by atoms with Crippen LogP contribution in [0.1, 0.15) is 31.7 Å². The summed E-state index contributed by atoms with van der Waals surface area (Å²) in [6.07, 6.45) is 3.73. The number of hydrogen-bond donors (Lipinski definition) is 1. The Kier molecular flexibility index (Phi) is 6.14. The number of halogens is 1. The summed E-state index contributed by atoms with van der Waals surface area (Å²) in [6.45, 7) is 5.61. The fourth-order valence-electron chi connectivity index (χ4n) is 2.21. The van der Waals surface area contributed by atoms with Crippen molar-refractivity contribution < 1.29 is 9.47 Å². The molecule has 1 aliphatic heterocycles. The first-order chi connectivity index (χ1) is 9.29. The standard InChI is InChI=1S/C15H22BrNO2/c1-2-17-11-12-5-6-15(14(16)10-12)19-9-7-13-4-3-8-18-13/h5-6,10,13,17H,2-4,7-9,11H2,1H3. The molecule has 1 heterocycles. The fraction of sp³-hybridized carbons (Fsp3) is 0.600. The van der Waals surface area contributed by atoms with E-state index in [1.54, 1.807) is 0 Å². The summed E-state index contributed by atoms with van der Waals surface area (Å²) >= 11 is 3.57. The molecule has 19 heavy (non-hydrogen) atoms. The maximum Gasteiger partial charge on any atom is 0.133 e. The highest BCUT2D eigenvalue weighted by Crippen LogP contribution is 2.26. The van der Waals surface area contributed by atoms with Gasteiger partial charge in [0.25, 0.3) is 0 Å². The zero-order valence-corrected chi connectivity index (χ0v) is 13.0. The van der Waals surface area contributed by atoms with Gasteiger partial charge >= 0.3 is 0 Å². The molecule has 0 aromatic heterocycles. The van der Waals surface area contributed by atoms with Crippen molar-refractivity contribution in [3.63, 3.8) is 0 Å². The topological polar surface area (TPSA) is 30.5 Å². The minimum absolute atomic E-state index is 0.395. The van der Waals surface area contributed by atoms with Gasteiger partial charge < -0.3 is 14.8 Å². The summed E-state index contributed by atoms with van der Waals surface area (Å²) in [4.78, 5) is 0. The second-order valence-electron chi connectivity index (χ2n) is 4.82. The van der Waals surface area contributed by atoms with Crippen LogP contribution in [0.15, 0.2) is 22.7 Å². The molecule has 0 amide bonds. The van der Waals surface area contributed by atoms with E-state index in [9.17, 15) is 0 Å². The molecule has 1 saturated heterocycles. The minimum atomic E-state index is 0.395. The molecule has 2 rings (SSSR count). The van der Waals surface area contributed by atoms with Gasteiger partial charge in [0.2, 0.25) is 0 Å². The normalized spacial score (nSPS) is 18.7. The fourth-order valence-corrected chi connectivity index (χ4v) is 2.75. The molecule has 1 aromatic carbocycles. The average Bonchev–Trinajstić information content (AvgIpc) is 2.92. The van der Waals surface area contributed by atoms with E-state index < -0.39 is 0 Å². The highest BCUT2D eigenvalue weighted by Gasteiger charge is 2.15. The largest absolute Gasteiger partial charge is 0.492 e. The van der Waals surface area contributed by atoms with Gasteiger partial charge in [-0.25, -0.2) is 0 Å². The van der Waals surface area contributed by atoms with E-state index in [4.69, 9.17) is 9.47 Å². The molecular formula is C15H22BrNO2. The maximum absolute atomic E-state index is 5.81. The molecule has 1 aliphatic rings. The first kappa shape index (κ1) is 14.8. The summed E-state index contributed by atoms with van der Waals surface area (Å²) in [5, 5.41) is 3.31. The van der Waals surface area contributed by atoms with Crippen molar-refractivity contribution in [1.82, 2.24) is 5.32 Å². The first-order valence-corrected chi connectivity index (χ1v) is 7.82. The third-order valence-electron chi connectivity index (χ3n) is 3.30. The molecular weight excluding hydrogens is 306 g/mol. The monoisotopic (exact) mass is 327 g/mol. The van der Waals surface area contributed by atoms with Crippen molar-refractivity contribution in [3.05, 3.63) is 28.2 Å². The van der Waals surface area contributed by atoms with E-state index in [-0.39, 0.29) is 0 Å². The van der Waals surface area contributed by atoms with Crippen LogP contribution >= 0.6 is 15.9 Å². The lowest BCUT2D eigenvalue weighted by Gasteiger charge is -2.12. The van der Waals surface area contributed by atoms with Crippen molar-refractivity contribution in [2.75, 3.05) is 19.8 Å². The van der Waals surface area contributed by atoms with Crippen LogP contribution in [0.5, 0.6) is 5.75 Å². The lowest BCUT2D eigenvalue weighted by molar-refractivity contribution is 0.0902. The second-order valence-corrected chi connectivity index (χ2v) is 5.67. The molecule has 0 saturated carbocycles. The van der Waals surface area contributed by atoms with Crippen molar-refractivity contribution in [3.8, 4) is 5.75 Å². The Labute approximate surface area is 123 Å². The zero-order chi connectivity index (χ0) is 13.5. The van der Waals surface area contributed by atoms with Gasteiger partial charge in [-0.05, 0) is 53.0 Å². The van der Waals surface area contributed by atoms with Gasteiger partial charge in [-0.2, -0.15) is 0 Å². The van der Waals surface area contributed by atoms with Crippen LogP contribution in [0, 0.1) is 0 Å². The predicted octanol–water partition coefficient (Wildman–Crippen LogP) is 3.51. The zero-order valence-electron chi connectivity index (χ0n) is 11.5. The Morgan fingerprint density at radius 1 is 1.47 bits per heavy atom. The van der Waals surface area contributed by atoms with Crippen LogP contribution in [-0.2, 0) is 11.3 Å². The number of ether oxygens (including phenoxy) is 2. The smallest absolute Gasteiger partial charge is 0.133 e. The third kappa shape index (κ3) is 4.79. The van der Waals surface area contributed by atoms with E-state index in [0.717, 1.165) is 42.9 Å². The van der Waals surface area contributed by atoms with Gasteiger partial charge in [0.15, 0.2) is 0 Å². The van der Waals surface area contributed by atoms with Gasteiger partial charge in [-0.15, -0.1) is 0 Å². The van der Waals surface area contributed by atoms with E-state index in [2.05, 4.69) is 40.3 Å². The number of hydrogen-bond acceptors (Lipinski definition) is 3. The summed E-state index contributed by atoms with van der Waals surface area (Å²) in [6, 6.07) is 6.26. The Morgan fingerprint density at radius 2 is 2.37 bits per heavy atom. The second kappa shape index (κ2) is 7.88. The number of nitrogens with one attached hydrogen (secondary N) is 1. The Hall–Kier alpha value is -0.580. The quantitative estimate of drug-likeness (QED) is 0.831. The molecule has 1 N–H and O–H groups in total. The van der Waals surface area contributed by atoms with Crippen LogP contribution in [-0.4, -0.2) is 25.9 Å². The molecule has 1 aromatic rings. The van der Waals surface area contributed by atoms with Crippen molar-refractivity contribution >= 4 is 15.9 Å². The van der Waals surface area contributed by atoms with Gasteiger partial charge in [0.1, 0.15) is 5.75 Å². The molecule has 1 fully saturated rings. The first-order valence-electron chi connectivity index (χ1n) is 7.03. The molecule has 0 radical (unpaired) electrons.